The van der Waals surface area contributed by atoms with Crippen LogP contribution in [0.5, 0.6) is 0 Å². The Hall–Kier alpha value is -1.16. The lowest BCUT2D eigenvalue weighted by molar-refractivity contribution is -0.00622. The zero-order chi connectivity index (χ0) is 10.1. The normalized spacial score (nSPS) is 25.6. The first kappa shape index (κ1) is 9.40. The summed E-state index contributed by atoms with van der Waals surface area (Å²) in [6, 6.07) is 2.01. The van der Waals surface area contributed by atoms with Crippen molar-refractivity contribution in [3.05, 3.63) is 17.3 Å². The van der Waals surface area contributed by atoms with Crippen molar-refractivity contribution in [3.8, 4) is 0 Å². The molecule has 0 amide bonds. The molecule has 4 nitrogen and oxygen atoms in total. The summed E-state index contributed by atoms with van der Waals surface area (Å²) in [5.74, 6) is 0.800. The fourth-order valence-electron chi connectivity index (χ4n) is 1.81. The van der Waals surface area contributed by atoms with E-state index < -0.39 is 0 Å². The molecule has 0 radical (unpaired) electrons. The van der Waals surface area contributed by atoms with Crippen molar-refractivity contribution in [1.29, 1.82) is 0 Å². The Kier molecular flexibility index (Phi) is 2.37. The summed E-state index contributed by atoms with van der Waals surface area (Å²) in [5, 5.41) is 11.2. The van der Waals surface area contributed by atoms with Gasteiger partial charge in [-0.1, -0.05) is 0 Å². The van der Waals surface area contributed by atoms with Crippen LogP contribution in [0.25, 0.3) is 0 Å². The summed E-state index contributed by atoms with van der Waals surface area (Å²) in [5.41, 5.74) is 2.22. The van der Waals surface area contributed by atoms with Crippen molar-refractivity contribution in [3.63, 3.8) is 0 Å². The van der Waals surface area contributed by atoms with Gasteiger partial charge in [-0.15, -0.1) is 5.10 Å². The van der Waals surface area contributed by atoms with Crippen LogP contribution in [0.3, 0.4) is 0 Å². The lowest BCUT2D eigenvalue weighted by Gasteiger charge is -2.27. The number of nitrogens with zero attached hydrogens (tertiary/aromatic N) is 2. The predicted molar refractivity (Wildman–Crippen MR) is 54.2 cm³/mol. The summed E-state index contributed by atoms with van der Waals surface area (Å²) in [6.45, 7) is 4.11. The van der Waals surface area contributed by atoms with Crippen molar-refractivity contribution in [1.82, 2.24) is 10.2 Å². The first-order valence-electron chi connectivity index (χ1n) is 4.90. The maximum absolute atomic E-state index is 5.72. The minimum Gasteiger partial charge on any atom is -0.372 e. The quantitative estimate of drug-likeness (QED) is 0.735. The first-order valence-corrected chi connectivity index (χ1v) is 4.90. The summed E-state index contributed by atoms with van der Waals surface area (Å²) < 4.78 is 5.72. The molecule has 0 saturated carbocycles. The number of rotatable bonds is 1. The van der Waals surface area contributed by atoms with Gasteiger partial charge in [0.15, 0.2) is 0 Å². The number of aromatic nitrogens is 2. The molecule has 2 atom stereocenters. The van der Waals surface area contributed by atoms with Gasteiger partial charge in [-0.2, -0.15) is 5.10 Å². The lowest BCUT2D eigenvalue weighted by atomic mass is 10.0. The standard InChI is InChI=1S/C10H15N3O/c1-6-4-9-8(7(2)14-6)5-10(11-3)13-12-9/h5-7H,4H2,1-3H3,(H,11,13). The van der Waals surface area contributed by atoms with E-state index in [4.69, 9.17) is 4.74 Å². The fraction of sp³-hybridized carbons (Fsp3) is 0.600. The van der Waals surface area contributed by atoms with Crippen LogP contribution in [0, 0.1) is 0 Å². The lowest BCUT2D eigenvalue weighted by Crippen LogP contribution is -2.23. The topological polar surface area (TPSA) is 47.0 Å². The number of fused-ring (bicyclic) bond motifs is 1. The van der Waals surface area contributed by atoms with E-state index in [9.17, 15) is 0 Å². The molecule has 2 unspecified atom stereocenters. The molecule has 76 valence electrons. The summed E-state index contributed by atoms with van der Waals surface area (Å²) in [6.07, 6.45) is 1.22. The summed E-state index contributed by atoms with van der Waals surface area (Å²) >= 11 is 0. The van der Waals surface area contributed by atoms with Crippen LogP contribution in [0.15, 0.2) is 6.07 Å². The zero-order valence-electron chi connectivity index (χ0n) is 8.74. The third-order valence-electron chi connectivity index (χ3n) is 2.52. The Morgan fingerprint density at radius 3 is 2.93 bits per heavy atom. The van der Waals surface area contributed by atoms with Gasteiger partial charge in [-0.05, 0) is 19.9 Å². The Bertz CT molecular complexity index is 340. The van der Waals surface area contributed by atoms with Gasteiger partial charge in [0.2, 0.25) is 0 Å². The van der Waals surface area contributed by atoms with Crippen LogP contribution in [0.1, 0.15) is 31.2 Å². The van der Waals surface area contributed by atoms with Crippen LogP contribution in [-0.4, -0.2) is 23.3 Å². The summed E-state index contributed by atoms with van der Waals surface area (Å²) in [4.78, 5) is 0. The van der Waals surface area contributed by atoms with E-state index in [0.717, 1.165) is 23.5 Å². The third-order valence-corrected chi connectivity index (χ3v) is 2.52. The highest BCUT2D eigenvalue weighted by atomic mass is 16.5. The molecule has 0 bridgehead atoms. The van der Waals surface area contributed by atoms with Gasteiger partial charge in [0.05, 0.1) is 17.9 Å². The van der Waals surface area contributed by atoms with E-state index in [1.807, 2.05) is 13.1 Å². The minimum absolute atomic E-state index is 0.122. The van der Waals surface area contributed by atoms with Crippen LogP contribution >= 0.6 is 0 Å². The second kappa shape index (κ2) is 3.53. The van der Waals surface area contributed by atoms with Crippen molar-refractivity contribution < 1.29 is 4.74 Å². The van der Waals surface area contributed by atoms with Gasteiger partial charge in [0.25, 0.3) is 0 Å². The van der Waals surface area contributed by atoms with Crippen molar-refractivity contribution in [2.45, 2.75) is 32.5 Å². The molecule has 1 aliphatic rings. The molecule has 0 spiro atoms. The number of ether oxygens (including phenoxy) is 1. The summed E-state index contributed by atoms with van der Waals surface area (Å²) in [7, 11) is 1.84. The molecule has 0 aromatic carbocycles. The zero-order valence-corrected chi connectivity index (χ0v) is 8.74. The predicted octanol–water partition coefficient (Wildman–Crippen LogP) is 1.54. The maximum atomic E-state index is 5.72. The number of hydrogen-bond acceptors (Lipinski definition) is 4. The molecule has 1 N–H and O–H groups in total. The molecule has 2 heterocycles. The Morgan fingerprint density at radius 1 is 1.43 bits per heavy atom. The molecule has 0 aliphatic carbocycles. The molecule has 1 aromatic heterocycles. The van der Waals surface area contributed by atoms with Crippen molar-refractivity contribution in [2.75, 3.05) is 12.4 Å². The third kappa shape index (κ3) is 1.57. The van der Waals surface area contributed by atoms with Crippen LogP contribution in [-0.2, 0) is 11.2 Å². The number of anilines is 1. The van der Waals surface area contributed by atoms with Crippen LogP contribution < -0.4 is 5.32 Å². The second-order valence-electron chi connectivity index (χ2n) is 3.67. The van der Waals surface area contributed by atoms with Crippen LogP contribution in [0.2, 0.25) is 0 Å². The van der Waals surface area contributed by atoms with Gasteiger partial charge in [-0.3, -0.25) is 0 Å². The molecule has 14 heavy (non-hydrogen) atoms. The molecular formula is C10H15N3O. The monoisotopic (exact) mass is 193 g/mol. The minimum atomic E-state index is 0.122. The highest BCUT2D eigenvalue weighted by molar-refractivity contribution is 5.39. The SMILES string of the molecule is CNc1cc2c(nn1)CC(C)OC2C. The van der Waals surface area contributed by atoms with Gasteiger partial charge >= 0.3 is 0 Å². The van der Waals surface area contributed by atoms with E-state index >= 15 is 0 Å². The molecular weight excluding hydrogens is 178 g/mol. The van der Waals surface area contributed by atoms with Crippen molar-refractivity contribution in [2.24, 2.45) is 0 Å². The highest BCUT2D eigenvalue weighted by Gasteiger charge is 2.23. The van der Waals surface area contributed by atoms with E-state index in [1.165, 1.54) is 0 Å². The molecule has 1 aliphatic heterocycles. The molecule has 0 saturated heterocycles. The van der Waals surface area contributed by atoms with Gasteiger partial charge < -0.3 is 10.1 Å². The smallest absolute Gasteiger partial charge is 0.148 e. The fourth-order valence-corrected chi connectivity index (χ4v) is 1.81. The second-order valence-corrected chi connectivity index (χ2v) is 3.67. The molecule has 2 rings (SSSR count). The van der Waals surface area contributed by atoms with E-state index in [0.29, 0.717) is 0 Å². The van der Waals surface area contributed by atoms with Gasteiger partial charge in [0.1, 0.15) is 5.82 Å². The Balaban J connectivity index is 2.39. The molecule has 4 heteroatoms. The van der Waals surface area contributed by atoms with E-state index in [-0.39, 0.29) is 12.2 Å². The molecule has 0 fully saturated rings. The van der Waals surface area contributed by atoms with Crippen LogP contribution in [0.4, 0.5) is 5.82 Å². The molecule has 1 aromatic rings. The number of nitrogens with one attached hydrogen (secondary N) is 1. The van der Waals surface area contributed by atoms with E-state index in [2.05, 4.69) is 29.4 Å². The average Bonchev–Trinajstić information content (AvgIpc) is 2.17. The average molecular weight is 193 g/mol. The maximum Gasteiger partial charge on any atom is 0.148 e. The number of hydrogen-bond donors (Lipinski definition) is 1. The van der Waals surface area contributed by atoms with Gasteiger partial charge in [0, 0.05) is 19.0 Å². The van der Waals surface area contributed by atoms with Crippen molar-refractivity contribution >= 4 is 5.82 Å². The highest BCUT2D eigenvalue weighted by Crippen LogP contribution is 2.29. The largest absolute Gasteiger partial charge is 0.372 e. The first-order chi connectivity index (χ1) is 6.70. The van der Waals surface area contributed by atoms with E-state index in [1.54, 1.807) is 0 Å². The Morgan fingerprint density at radius 2 is 2.21 bits per heavy atom. The Labute approximate surface area is 83.7 Å². The van der Waals surface area contributed by atoms with Gasteiger partial charge in [-0.25, -0.2) is 0 Å².